The zero-order valence-electron chi connectivity index (χ0n) is 10.7. The third-order valence-electron chi connectivity index (χ3n) is 3.64. The van der Waals surface area contributed by atoms with Gasteiger partial charge in [-0.3, -0.25) is 4.79 Å². The normalized spacial score (nSPS) is 25.1. The zero-order valence-corrected chi connectivity index (χ0v) is 10.7. The number of rotatable bonds is 6. The van der Waals surface area contributed by atoms with Crippen molar-refractivity contribution in [3.05, 3.63) is 0 Å². The molecule has 94 valence electrons. The Kier molecular flexibility index (Phi) is 5.81. The highest BCUT2D eigenvalue weighted by Crippen LogP contribution is 2.27. The minimum absolute atomic E-state index is 0.355. The van der Waals surface area contributed by atoms with E-state index in [4.69, 9.17) is 5.73 Å². The highest BCUT2D eigenvalue weighted by Gasteiger charge is 2.32. The van der Waals surface area contributed by atoms with Gasteiger partial charge in [0.15, 0.2) is 0 Å². The third kappa shape index (κ3) is 3.48. The summed E-state index contributed by atoms with van der Waals surface area (Å²) < 4.78 is 0. The van der Waals surface area contributed by atoms with Gasteiger partial charge in [-0.05, 0) is 45.6 Å². The molecule has 1 rings (SSSR count). The van der Waals surface area contributed by atoms with Crippen molar-refractivity contribution < 1.29 is 4.79 Å². The number of nitrogens with zero attached hydrogens (tertiary/aromatic N) is 1. The van der Waals surface area contributed by atoms with Crippen LogP contribution in [0.5, 0.6) is 0 Å². The van der Waals surface area contributed by atoms with E-state index in [1.165, 1.54) is 12.8 Å². The molecule has 0 spiro atoms. The average Bonchev–Trinajstić information content (AvgIpc) is 2.65. The fraction of sp³-hybridized carbons (Fsp3) is 0.923. The molecule has 16 heavy (non-hydrogen) atoms. The molecule has 0 radical (unpaired) electrons. The first-order valence-corrected chi connectivity index (χ1v) is 6.72. The van der Waals surface area contributed by atoms with Gasteiger partial charge in [-0.25, -0.2) is 0 Å². The maximum atomic E-state index is 12.1. The lowest BCUT2D eigenvalue weighted by atomic mass is 10.1. The number of carbonyl (C=O) groups excluding carboxylic acids is 1. The molecule has 0 aromatic rings. The molecule has 1 heterocycles. The number of likely N-dealkylation sites (tertiary alicyclic amines) is 1. The van der Waals surface area contributed by atoms with Gasteiger partial charge < -0.3 is 10.6 Å². The van der Waals surface area contributed by atoms with E-state index in [0.717, 1.165) is 32.2 Å². The summed E-state index contributed by atoms with van der Waals surface area (Å²) in [5.41, 5.74) is 5.44. The highest BCUT2D eigenvalue weighted by atomic mass is 16.2. The second-order valence-electron chi connectivity index (χ2n) is 4.89. The molecule has 2 N–H and O–H groups in total. The fourth-order valence-corrected chi connectivity index (χ4v) is 2.65. The van der Waals surface area contributed by atoms with Gasteiger partial charge in [0.25, 0.3) is 0 Å². The molecule has 0 aliphatic carbocycles. The van der Waals surface area contributed by atoms with Gasteiger partial charge in [0.2, 0.25) is 5.91 Å². The number of hydrogen-bond donors (Lipinski definition) is 1. The van der Waals surface area contributed by atoms with Crippen molar-refractivity contribution in [2.75, 3.05) is 6.54 Å². The van der Waals surface area contributed by atoms with E-state index in [0.29, 0.717) is 24.4 Å². The van der Waals surface area contributed by atoms with E-state index in [1.54, 1.807) is 0 Å². The van der Waals surface area contributed by atoms with Crippen molar-refractivity contribution >= 4 is 5.91 Å². The van der Waals surface area contributed by atoms with Crippen LogP contribution in [0.2, 0.25) is 0 Å². The summed E-state index contributed by atoms with van der Waals surface area (Å²) in [6, 6.07) is 0.948. The van der Waals surface area contributed by atoms with Crippen LogP contribution in [0.3, 0.4) is 0 Å². The van der Waals surface area contributed by atoms with Crippen molar-refractivity contribution in [3.8, 4) is 0 Å². The number of hydrogen-bond acceptors (Lipinski definition) is 2. The summed E-state index contributed by atoms with van der Waals surface area (Å²) in [5.74, 6) is 0.355. The van der Waals surface area contributed by atoms with Gasteiger partial charge in [0.05, 0.1) is 0 Å². The molecule has 1 aliphatic rings. The Hall–Kier alpha value is -0.570. The summed E-state index contributed by atoms with van der Waals surface area (Å²) in [4.78, 5) is 14.2. The van der Waals surface area contributed by atoms with E-state index in [9.17, 15) is 4.79 Å². The molecule has 0 aromatic heterocycles. The molecule has 1 fully saturated rings. The second-order valence-corrected chi connectivity index (χ2v) is 4.89. The van der Waals surface area contributed by atoms with Crippen LogP contribution in [0, 0.1) is 0 Å². The zero-order chi connectivity index (χ0) is 12.0. The minimum atomic E-state index is 0.355. The predicted molar refractivity (Wildman–Crippen MR) is 67.1 cm³/mol. The van der Waals surface area contributed by atoms with Crippen molar-refractivity contribution in [1.29, 1.82) is 0 Å². The number of unbranched alkanes of at least 4 members (excludes halogenated alkanes) is 2. The van der Waals surface area contributed by atoms with E-state index < -0.39 is 0 Å². The van der Waals surface area contributed by atoms with Crippen LogP contribution in [0.15, 0.2) is 0 Å². The van der Waals surface area contributed by atoms with Crippen LogP contribution in [0.4, 0.5) is 0 Å². The van der Waals surface area contributed by atoms with Crippen LogP contribution in [0.25, 0.3) is 0 Å². The van der Waals surface area contributed by atoms with Crippen LogP contribution in [-0.2, 0) is 4.79 Å². The Morgan fingerprint density at radius 3 is 2.69 bits per heavy atom. The Balaban J connectivity index is 2.33. The molecule has 3 heteroatoms. The monoisotopic (exact) mass is 226 g/mol. The Labute approximate surface area is 99.4 Å². The largest absolute Gasteiger partial charge is 0.337 e. The molecule has 1 saturated heterocycles. The molecule has 1 amide bonds. The molecule has 1 aliphatic heterocycles. The van der Waals surface area contributed by atoms with Gasteiger partial charge in [-0.1, -0.05) is 13.3 Å². The van der Waals surface area contributed by atoms with Crippen molar-refractivity contribution in [2.24, 2.45) is 5.73 Å². The topological polar surface area (TPSA) is 46.3 Å². The maximum Gasteiger partial charge on any atom is 0.223 e. The van der Waals surface area contributed by atoms with E-state index >= 15 is 0 Å². The Morgan fingerprint density at radius 1 is 1.31 bits per heavy atom. The predicted octanol–water partition coefficient (Wildman–Crippen LogP) is 2.29. The van der Waals surface area contributed by atoms with E-state index in [-0.39, 0.29) is 0 Å². The van der Waals surface area contributed by atoms with Gasteiger partial charge >= 0.3 is 0 Å². The molecular formula is C13H26N2O. The lowest BCUT2D eigenvalue weighted by Crippen LogP contribution is -2.39. The molecule has 2 unspecified atom stereocenters. The minimum Gasteiger partial charge on any atom is -0.337 e. The standard InChI is InChI=1S/C13H26N2O/c1-3-12-9-8-11(2)15(12)13(16)7-5-4-6-10-14/h11-12H,3-10,14H2,1-2H3. The van der Waals surface area contributed by atoms with E-state index in [2.05, 4.69) is 18.7 Å². The smallest absolute Gasteiger partial charge is 0.223 e. The first-order chi connectivity index (χ1) is 7.70. The highest BCUT2D eigenvalue weighted by molar-refractivity contribution is 5.77. The lowest BCUT2D eigenvalue weighted by molar-refractivity contribution is -0.134. The molecule has 0 aromatic carbocycles. The second kappa shape index (κ2) is 6.89. The van der Waals surface area contributed by atoms with Gasteiger partial charge in [-0.15, -0.1) is 0 Å². The fourth-order valence-electron chi connectivity index (χ4n) is 2.65. The number of carbonyl (C=O) groups is 1. The summed E-state index contributed by atoms with van der Waals surface area (Å²) in [6.07, 6.45) is 7.29. The summed E-state index contributed by atoms with van der Waals surface area (Å²) in [6.45, 7) is 5.09. The summed E-state index contributed by atoms with van der Waals surface area (Å²) in [5, 5.41) is 0. The van der Waals surface area contributed by atoms with Crippen LogP contribution < -0.4 is 5.73 Å². The molecule has 2 atom stereocenters. The van der Waals surface area contributed by atoms with Gasteiger partial charge in [0, 0.05) is 18.5 Å². The Bertz CT molecular complexity index is 218. The molecule has 0 bridgehead atoms. The van der Waals surface area contributed by atoms with Crippen LogP contribution in [0.1, 0.15) is 58.8 Å². The Morgan fingerprint density at radius 2 is 2.06 bits per heavy atom. The molecular weight excluding hydrogens is 200 g/mol. The number of amides is 1. The lowest BCUT2D eigenvalue weighted by Gasteiger charge is -2.28. The van der Waals surface area contributed by atoms with Crippen molar-refractivity contribution in [1.82, 2.24) is 4.90 Å². The summed E-state index contributed by atoms with van der Waals surface area (Å²) in [7, 11) is 0. The number of nitrogens with two attached hydrogens (primary N) is 1. The first kappa shape index (κ1) is 13.5. The average molecular weight is 226 g/mol. The maximum absolute atomic E-state index is 12.1. The van der Waals surface area contributed by atoms with Gasteiger partial charge in [-0.2, -0.15) is 0 Å². The summed E-state index contributed by atoms with van der Waals surface area (Å²) >= 11 is 0. The molecule has 0 saturated carbocycles. The third-order valence-corrected chi connectivity index (χ3v) is 3.64. The van der Waals surface area contributed by atoms with Crippen molar-refractivity contribution in [3.63, 3.8) is 0 Å². The van der Waals surface area contributed by atoms with E-state index in [1.807, 2.05) is 0 Å². The van der Waals surface area contributed by atoms with Crippen LogP contribution >= 0.6 is 0 Å². The van der Waals surface area contributed by atoms with Gasteiger partial charge in [0.1, 0.15) is 0 Å². The molecule has 3 nitrogen and oxygen atoms in total. The quantitative estimate of drug-likeness (QED) is 0.706. The van der Waals surface area contributed by atoms with Crippen molar-refractivity contribution in [2.45, 2.75) is 70.9 Å². The van der Waals surface area contributed by atoms with Crippen LogP contribution in [-0.4, -0.2) is 29.4 Å². The first-order valence-electron chi connectivity index (χ1n) is 6.72. The SMILES string of the molecule is CCC1CCC(C)N1C(=O)CCCCCN.